The summed E-state index contributed by atoms with van der Waals surface area (Å²) in [5, 5.41) is 0. The Morgan fingerprint density at radius 2 is 2.05 bits per heavy atom. The van der Waals surface area contributed by atoms with E-state index in [1.165, 1.54) is 0 Å². The zero-order valence-electron chi connectivity index (χ0n) is 11.1. The van der Waals surface area contributed by atoms with Crippen molar-refractivity contribution >= 4 is 11.2 Å². The summed E-state index contributed by atoms with van der Waals surface area (Å²) in [6, 6.07) is 5.87. The molecule has 0 spiro atoms. The number of fused-ring (bicyclic) bond motifs is 1. The first kappa shape index (κ1) is 11.6. The van der Waals surface area contributed by atoms with Crippen molar-refractivity contribution in [1.29, 1.82) is 0 Å². The predicted molar refractivity (Wildman–Crippen MR) is 73.0 cm³/mol. The van der Waals surface area contributed by atoms with Crippen LogP contribution < -0.4 is 4.74 Å². The molecule has 2 heterocycles. The summed E-state index contributed by atoms with van der Waals surface area (Å²) in [4.78, 5) is 13.2. The highest BCUT2D eigenvalue weighted by Crippen LogP contribution is 2.25. The van der Waals surface area contributed by atoms with Crippen LogP contribution >= 0.6 is 0 Å². The smallest absolute Gasteiger partial charge is 0.163 e. The molecule has 2 aromatic heterocycles. The summed E-state index contributed by atoms with van der Waals surface area (Å²) in [5.41, 5.74) is 3.72. The molecule has 5 heteroatoms. The number of aromatic nitrogens is 4. The third kappa shape index (κ3) is 1.93. The van der Waals surface area contributed by atoms with Crippen LogP contribution in [0.5, 0.6) is 5.75 Å². The molecule has 0 saturated heterocycles. The number of rotatable bonds is 2. The standard InChI is InChI=1S/C14H14N4O/c1-9-6-10(19-3)4-5-11(9)13-15-7-12-14(17-13)18(2)8-16-12/h4-8H,1-3H3. The molecule has 0 amide bonds. The third-order valence-corrected chi connectivity index (χ3v) is 3.13. The highest BCUT2D eigenvalue weighted by Gasteiger charge is 2.09. The first-order chi connectivity index (χ1) is 9.19. The van der Waals surface area contributed by atoms with Gasteiger partial charge in [-0.1, -0.05) is 0 Å². The van der Waals surface area contributed by atoms with E-state index in [1.54, 1.807) is 19.6 Å². The minimum absolute atomic E-state index is 0.705. The summed E-state index contributed by atoms with van der Waals surface area (Å²) in [6.45, 7) is 2.02. The molecule has 0 atom stereocenters. The van der Waals surface area contributed by atoms with Crippen molar-refractivity contribution in [2.24, 2.45) is 7.05 Å². The van der Waals surface area contributed by atoms with Gasteiger partial charge in [-0.3, -0.25) is 0 Å². The molecule has 0 saturated carbocycles. The average Bonchev–Trinajstić information content (AvgIpc) is 2.80. The molecule has 0 N–H and O–H groups in total. The van der Waals surface area contributed by atoms with Gasteiger partial charge in [-0.25, -0.2) is 15.0 Å². The van der Waals surface area contributed by atoms with E-state index in [0.29, 0.717) is 5.82 Å². The molecule has 3 aromatic rings. The van der Waals surface area contributed by atoms with E-state index in [-0.39, 0.29) is 0 Å². The summed E-state index contributed by atoms with van der Waals surface area (Å²) in [5.74, 6) is 1.54. The molecule has 0 bridgehead atoms. The fraction of sp³-hybridized carbons (Fsp3) is 0.214. The Balaban J connectivity index is 2.15. The maximum Gasteiger partial charge on any atom is 0.163 e. The first-order valence-electron chi connectivity index (χ1n) is 5.98. The van der Waals surface area contributed by atoms with Gasteiger partial charge in [0, 0.05) is 12.6 Å². The summed E-state index contributed by atoms with van der Waals surface area (Å²) in [7, 11) is 3.58. The fourth-order valence-corrected chi connectivity index (χ4v) is 2.06. The average molecular weight is 254 g/mol. The topological polar surface area (TPSA) is 52.8 Å². The Morgan fingerprint density at radius 3 is 2.79 bits per heavy atom. The van der Waals surface area contributed by atoms with Gasteiger partial charge >= 0.3 is 0 Å². The fourth-order valence-electron chi connectivity index (χ4n) is 2.06. The quantitative estimate of drug-likeness (QED) is 0.704. The number of benzene rings is 1. The van der Waals surface area contributed by atoms with Crippen molar-refractivity contribution < 1.29 is 4.74 Å². The van der Waals surface area contributed by atoms with E-state index in [4.69, 9.17) is 4.74 Å². The van der Waals surface area contributed by atoms with Crippen LogP contribution in [0.15, 0.2) is 30.7 Å². The van der Waals surface area contributed by atoms with E-state index in [0.717, 1.165) is 28.0 Å². The van der Waals surface area contributed by atoms with Gasteiger partial charge in [-0.15, -0.1) is 0 Å². The van der Waals surface area contributed by atoms with E-state index in [1.807, 2.05) is 36.7 Å². The monoisotopic (exact) mass is 254 g/mol. The first-order valence-corrected chi connectivity index (χ1v) is 5.98. The van der Waals surface area contributed by atoms with Crippen molar-refractivity contribution in [2.75, 3.05) is 7.11 Å². The van der Waals surface area contributed by atoms with Crippen molar-refractivity contribution in [1.82, 2.24) is 19.5 Å². The minimum Gasteiger partial charge on any atom is -0.497 e. The molecule has 96 valence electrons. The summed E-state index contributed by atoms with van der Waals surface area (Å²) in [6.07, 6.45) is 3.49. The predicted octanol–water partition coefficient (Wildman–Crippen LogP) is 2.35. The van der Waals surface area contributed by atoms with Crippen LogP contribution in [-0.2, 0) is 7.05 Å². The number of nitrogens with zero attached hydrogens (tertiary/aromatic N) is 4. The van der Waals surface area contributed by atoms with Crippen LogP contribution in [0.1, 0.15) is 5.56 Å². The molecule has 5 nitrogen and oxygen atoms in total. The van der Waals surface area contributed by atoms with Gasteiger partial charge < -0.3 is 9.30 Å². The van der Waals surface area contributed by atoms with Gasteiger partial charge in [0.05, 0.1) is 19.6 Å². The lowest BCUT2D eigenvalue weighted by atomic mass is 10.1. The van der Waals surface area contributed by atoms with Crippen LogP contribution in [0, 0.1) is 6.92 Å². The maximum atomic E-state index is 5.21. The minimum atomic E-state index is 0.705. The number of hydrogen-bond donors (Lipinski definition) is 0. The van der Waals surface area contributed by atoms with Crippen LogP contribution in [0.2, 0.25) is 0 Å². The number of hydrogen-bond acceptors (Lipinski definition) is 4. The zero-order valence-corrected chi connectivity index (χ0v) is 11.1. The lowest BCUT2D eigenvalue weighted by molar-refractivity contribution is 0.414. The number of imidazole rings is 1. The normalized spacial score (nSPS) is 10.9. The van der Waals surface area contributed by atoms with Crippen LogP contribution in [0.3, 0.4) is 0 Å². The number of methoxy groups -OCH3 is 1. The summed E-state index contributed by atoms with van der Waals surface area (Å²) < 4.78 is 7.10. The van der Waals surface area contributed by atoms with Gasteiger partial charge in [-0.2, -0.15) is 0 Å². The van der Waals surface area contributed by atoms with E-state index in [9.17, 15) is 0 Å². The summed E-state index contributed by atoms with van der Waals surface area (Å²) >= 11 is 0. The van der Waals surface area contributed by atoms with Crippen LogP contribution in [-0.4, -0.2) is 26.6 Å². The number of ether oxygens (including phenoxy) is 1. The number of aryl methyl sites for hydroxylation is 2. The van der Waals surface area contributed by atoms with Gasteiger partial charge in [0.25, 0.3) is 0 Å². The van der Waals surface area contributed by atoms with Crippen molar-refractivity contribution in [3.05, 3.63) is 36.3 Å². The molecule has 1 aromatic carbocycles. The SMILES string of the molecule is COc1ccc(-c2ncc3ncn(C)c3n2)c(C)c1. The van der Waals surface area contributed by atoms with Crippen LogP contribution in [0.4, 0.5) is 0 Å². The molecular formula is C14H14N4O. The second-order valence-electron chi connectivity index (χ2n) is 4.44. The van der Waals surface area contributed by atoms with Gasteiger partial charge in [0.15, 0.2) is 11.5 Å². The third-order valence-electron chi connectivity index (χ3n) is 3.13. The maximum absolute atomic E-state index is 5.21. The molecule has 0 unspecified atom stereocenters. The molecule has 0 aliphatic carbocycles. The Labute approximate surface area is 110 Å². The Kier molecular flexibility index (Phi) is 2.67. The zero-order chi connectivity index (χ0) is 13.4. The van der Waals surface area contributed by atoms with E-state index in [2.05, 4.69) is 15.0 Å². The molecule has 19 heavy (non-hydrogen) atoms. The molecule has 0 aliphatic heterocycles. The van der Waals surface area contributed by atoms with Crippen molar-refractivity contribution in [2.45, 2.75) is 6.92 Å². The second-order valence-corrected chi connectivity index (χ2v) is 4.44. The molecule has 0 fully saturated rings. The van der Waals surface area contributed by atoms with Crippen molar-refractivity contribution in [3.8, 4) is 17.1 Å². The van der Waals surface area contributed by atoms with Gasteiger partial charge in [-0.05, 0) is 30.7 Å². The highest BCUT2D eigenvalue weighted by molar-refractivity contribution is 5.73. The van der Waals surface area contributed by atoms with Gasteiger partial charge in [0.1, 0.15) is 11.3 Å². The lowest BCUT2D eigenvalue weighted by Gasteiger charge is -2.07. The Hall–Kier alpha value is -2.43. The molecule has 3 rings (SSSR count). The molecular weight excluding hydrogens is 240 g/mol. The van der Waals surface area contributed by atoms with E-state index >= 15 is 0 Å². The largest absolute Gasteiger partial charge is 0.497 e. The van der Waals surface area contributed by atoms with E-state index < -0.39 is 0 Å². The second kappa shape index (κ2) is 4.35. The highest BCUT2D eigenvalue weighted by atomic mass is 16.5. The van der Waals surface area contributed by atoms with Crippen molar-refractivity contribution in [3.63, 3.8) is 0 Å². The Bertz CT molecular complexity index is 748. The van der Waals surface area contributed by atoms with Crippen LogP contribution in [0.25, 0.3) is 22.6 Å². The van der Waals surface area contributed by atoms with Gasteiger partial charge in [0.2, 0.25) is 0 Å². The Morgan fingerprint density at radius 1 is 1.21 bits per heavy atom. The lowest BCUT2D eigenvalue weighted by Crippen LogP contribution is -1.95. The molecule has 0 aliphatic rings. The molecule has 0 radical (unpaired) electrons.